The second-order valence-electron chi connectivity index (χ2n) is 4.94. The van der Waals surface area contributed by atoms with Gasteiger partial charge in [-0.2, -0.15) is 5.10 Å². The van der Waals surface area contributed by atoms with Crippen LogP contribution in [0.25, 0.3) is 5.69 Å². The highest BCUT2D eigenvalue weighted by Crippen LogP contribution is 2.08. The van der Waals surface area contributed by atoms with Gasteiger partial charge in [-0.3, -0.25) is 4.79 Å². The molecule has 1 heterocycles. The molecule has 0 aliphatic carbocycles. The third-order valence-corrected chi connectivity index (χ3v) is 3.22. The molecule has 0 saturated carbocycles. The normalized spacial score (nSPS) is 10.5. The number of nitrogens with zero attached hydrogens (tertiary/aromatic N) is 2. The van der Waals surface area contributed by atoms with E-state index in [1.807, 2.05) is 54.5 Å². The van der Waals surface area contributed by atoms with Crippen LogP contribution in [0.4, 0.5) is 0 Å². The standard InChI is InChI=1S/C16H22N4O/c1-17-10-5-11-18-16(21)9-8-14-12-19-20(13-14)15-6-3-2-4-7-15/h2-4,6-7,12-13,17H,5,8-11H2,1H3,(H,18,21). The molecule has 0 bridgehead atoms. The summed E-state index contributed by atoms with van der Waals surface area (Å²) in [6.45, 7) is 1.65. The van der Waals surface area contributed by atoms with Crippen LogP contribution in [0.1, 0.15) is 18.4 Å². The molecule has 112 valence electrons. The first-order valence-corrected chi connectivity index (χ1v) is 7.30. The zero-order valence-corrected chi connectivity index (χ0v) is 12.4. The molecule has 0 saturated heterocycles. The molecule has 0 aliphatic rings. The maximum absolute atomic E-state index is 11.7. The van der Waals surface area contributed by atoms with Gasteiger partial charge in [0, 0.05) is 19.2 Å². The Kier molecular flexibility index (Phi) is 5.97. The zero-order valence-electron chi connectivity index (χ0n) is 12.4. The number of hydrogen-bond acceptors (Lipinski definition) is 3. The van der Waals surface area contributed by atoms with Gasteiger partial charge >= 0.3 is 0 Å². The van der Waals surface area contributed by atoms with Crippen LogP contribution in [0.15, 0.2) is 42.7 Å². The van der Waals surface area contributed by atoms with E-state index in [4.69, 9.17) is 0 Å². The minimum atomic E-state index is 0.0959. The van der Waals surface area contributed by atoms with E-state index in [1.165, 1.54) is 0 Å². The van der Waals surface area contributed by atoms with Crippen molar-refractivity contribution in [2.75, 3.05) is 20.1 Å². The van der Waals surface area contributed by atoms with E-state index in [2.05, 4.69) is 15.7 Å². The van der Waals surface area contributed by atoms with E-state index >= 15 is 0 Å². The van der Waals surface area contributed by atoms with Crippen molar-refractivity contribution < 1.29 is 4.79 Å². The highest BCUT2D eigenvalue weighted by Gasteiger charge is 2.04. The van der Waals surface area contributed by atoms with Crippen LogP contribution in [-0.4, -0.2) is 35.8 Å². The summed E-state index contributed by atoms with van der Waals surface area (Å²) in [4.78, 5) is 11.7. The van der Waals surface area contributed by atoms with E-state index < -0.39 is 0 Å². The van der Waals surface area contributed by atoms with Crippen molar-refractivity contribution in [3.8, 4) is 5.69 Å². The molecule has 0 radical (unpaired) electrons. The smallest absolute Gasteiger partial charge is 0.220 e. The Morgan fingerprint density at radius 2 is 2.05 bits per heavy atom. The number of carbonyl (C=O) groups excluding carboxylic acids is 1. The Balaban J connectivity index is 1.77. The Bertz CT molecular complexity index is 550. The van der Waals surface area contributed by atoms with Crippen LogP contribution in [0.2, 0.25) is 0 Å². The Morgan fingerprint density at radius 1 is 1.24 bits per heavy atom. The van der Waals surface area contributed by atoms with E-state index in [-0.39, 0.29) is 5.91 Å². The summed E-state index contributed by atoms with van der Waals surface area (Å²) < 4.78 is 1.83. The number of benzene rings is 1. The summed E-state index contributed by atoms with van der Waals surface area (Å²) in [7, 11) is 1.91. The van der Waals surface area contributed by atoms with Gasteiger partial charge in [-0.1, -0.05) is 18.2 Å². The quantitative estimate of drug-likeness (QED) is 0.724. The monoisotopic (exact) mass is 286 g/mol. The van der Waals surface area contributed by atoms with Gasteiger partial charge in [-0.25, -0.2) is 4.68 Å². The number of carbonyl (C=O) groups is 1. The lowest BCUT2D eigenvalue weighted by Gasteiger charge is -2.04. The van der Waals surface area contributed by atoms with Gasteiger partial charge in [0.15, 0.2) is 0 Å². The number of aromatic nitrogens is 2. The minimum absolute atomic E-state index is 0.0959. The number of nitrogens with one attached hydrogen (secondary N) is 2. The Morgan fingerprint density at radius 3 is 2.81 bits per heavy atom. The SMILES string of the molecule is CNCCCNC(=O)CCc1cnn(-c2ccccc2)c1. The average molecular weight is 286 g/mol. The van der Waals surface area contributed by atoms with E-state index in [9.17, 15) is 4.79 Å². The molecular weight excluding hydrogens is 264 g/mol. The third-order valence-electron chi connectivity index (χ3n) is 3.22. The molecule has 1 amide bonds. The molecule has 1 aromatic heterocycles. The minimum Gasteiger partial charge on any atom is -0.356 e. The van der Waals surface area contributed by atoms with Crippen LogP contribution in [0, 0.1) is 0 Å². The molecule has 0 fully saturated rings. The lowest BCUT2D eigenvalue weighted by Crippen LogP contribution is -2.26. The van der Waals surface area contributed by atoms with Gasteiger partial charge in [-0.15, -0.1) is 0 Å². The van der Waals surface area contributed by atoms with Crippen molar-refractivity contribution in [1.29, 1.82) is 0 Å². The van der Waals surface area contributed by atoms with Gasteiger partial charge < -0.3 is 10.6 Å². The van der Waals surface area contributed by atoms with Crippen molar-refractivity contribution in [1.82, 2.24) is 20.4 Å². The predicted molar refractivity (Wildman–Crippen MR) is 83.4 cm³/mol. The predicted octanol–water partition coefficient (Wildman–Crippen LogP) is 1.53. The Labute approximate surface area is 125 Å². The van der Waals surface area contributed by atoms with Crippen LogP contribution < -0.4 is 10.6 Å². The molecule has 2 aromatic rings. The number of para-hydroxylation sites is 1. The molecule has 0 aliphatic heterocycles. The molecule has 1 aromatic carbocycles. The highest BCUT2D eigenvalue weighted by molar-refractivity contribution is 5.76. The molecule has 21 heavy (non-hydrogen) atoms. The first-order chi connectivity index (χ1) is 10.3. The fraction of sp³-hybridized carbons (Fsp3) is 0.375. The van der Waals surface area contributed by atoms with Gasteiger partial charge in [0.05, 0.1) is 11.9 Å². The van der Waals surface area contributed by atoms with Crippen LogP contribution in [-0.2, 0) is 11.2 Å². The van der Waals surface area contributed by atoms with Gasteiger partial charge in [0.1, 0.15) is 0 Å². The van der Waals surface area contributed by atoms with Crippen molar-refractivity contribution in [2.24, 2.45) is 0 Å². The highest BCUT2D eigenvalue weighted by atomic mass is 16.1. The van der Waals surface area contributed by atoms with Gasteiger partial charge in [0.2, 0.25) is 5.91 Å². The second-order valence-corrected chi connectivity index (χ2v) is 4.94. The zero-order chi connectivity index (χ0) is 14.9. The summed E-state index contributed by atoms with van der Waals surface area (Å²) in [6, 6.07) is 9.95. The van der Waals surface area contributed by atoms with Crippen LogP contribution >= 0.6 is 0 Å². The fourth-order valence-corrected chi connectivity index (χ4v) is 2.05. The molecule has 0 atom stereocenters. The fourth-order valence-electron chi connectivity index (χ4n) is 2.05. The largest absolute Gasteiger partial charge is 0.356 e. The third kappa shape index (κ3) is 5.04. The molecule has 0 unspecified atom stereocenters. The van der Waals surface area contributed by atoms with E-state index in [0.29, 0.717) is 12.8 Å². The van der Waals surface area contributed by atoms with E-state index in [0.717, 1.165) is 30.8 Å². The molecule has 2 rings (SSSR count). The molecule has 5 nitrogen and oxygen atoms in total. The summed E-state index contributed by atoms with van der Waals surface area (Å²) in [5, 5.41) is 10.3. The lowest BCUT2D eigenvalue weighted by molar-refractivity contribution is -0.121. The summed E-state index contributed by atoms with van der Waals surface area (Å²) in [5.41, 5.74) is 2.10. The summed E-state index contributed by atoms with van der Waals surface area (Å²) in [5.74, 6) is 0.0959. The maximum atomic E-state index is 11.7. The summed E-state index contributed by atoms with van der Waals surface area (Å²) in [6.07, 6.45) is 5.96. The molecule has 2 N–H and O–H groups in total. The van der Waals surface area contributed by atoms with Gasteiger partial charge in [0.25, 0.3) is 0 Å². The average Bonchev–Trinajstić information content (AvgIpc) is 2.99. The van der Waals surface area contributed by atoms with Crippen molar-refractivity contribution >= 4 is 5.91 Å². The van der Waals surface area contributed by atoms with Gasteiger partial charge in [-0.05, 0) is 44.1 Å². The first-order valence-electron chi connectivity index (χ1n) is 7.30. The van der Waals surface area contributed by atoms with Crippen LogP contribution in [0.3, 0.4) is 0 Å². The van der Waals surface area contributed by atoms with Crippen molar-refractivity contribution in [2.45, 2.75) is 19.3 Å². The van der Waals surface area contributed by atoms with Crippen molar-refractivity contribution in [3.05, 3.63) is 48.3 Å². The topological polar surface area (TPSA) is 58.9 Å². The molecule has 0 spiro atoms. The lowest BCUT2D eigenvalue weighted by atomic mass is 10.2. The second kappa shape index (κ2) is 8.21. The number of aryl methyl sites for hydroxylation is 1. The molecule has 5 heteroatoms. The number of hydrogen-bond donors (Lipinski definition) is 2. The number of rotatable bonds is 8. The first kappa shape index (κ1) is 15.3. The maximum Gasteiger partial charge on any atom is 0.220 e. The molecular formula is C16H22N4O. The number of amides is 1. The van der Waals surface area contributed by atoms with Crippen LogP contribution in [0.5, 0.6) is 0 Å². The Hall–Kier alpha value is -2.14. The summed E-state index contributed by atoms with van der Waals surface area (Å²) >= 11 is 0. The van der Waals surface area contributed by atoms with E-state index in [1.54, 1.807) is 0 Å². The van der Waals surface area contributed by atoms with Crippen molar-refractivity contribution in [3.63, 3.8) is 0 Å².